The zero-order chi connectivity index (χ0) is 19.3. The Balaban J connectivity index is 1.49. The molecule has 1 aromatic carbocycles. The van der Waals surface area contributed by atoms with Crippen LogP contribution in [0.25, 0.3) is 11.0 Å². The van der Waals surface area contributed by atoms with Crippen molar-refractivity contribution in [3.63, 3.8) is 0 Å². The van der Waals surface area contributed by atoms with Crippen LogP contribution in [0.2, 0.25) is 0 Å². The Hall–Kier alpha value is -2.86. The number of pyridine rings is 1. The van der Waals surface area contributed by atoms with Crippen LogP contribution >= 0.6 is 0 Å². The van der Waals surface area contributed by atoms with E-state index in [0.717, 1.165) is 30.5 Å². The minimum Gasteiger partial charge on any atom is -0.378 e. The maximum atomic E-state index is 13.0. The molecular weight excluding hydrogens is 352 g/mol. The summed E-state index contributed by atoms with van der Waals surface area (Å²) in [7, 11) is 2.11. The van der Waals surface area contributed by atoms with E-state index in [4.69, 9.17) is 4.74 Å². The molecule has 0 radical (unpaired) electrons. The van der Waals surface area contributed by atoms with Crippen molar-refractivity contribution in [3.05, 3.63) is 60.4 Å². The number of carbonyl (C=O) groups excluding carboxylic acids is 1. The van der Waals surface area contributed by atoms with Gasteiger partial charge in [-0.1, -0.05) is 18.2 Å². The number of morpholine rings is 1. The summed E-state index contributed by atoms with van der Waals surface area (Å²) in [5.74, 6) is 0.0483. The van der Waals surface area contributed by atoms with Crippen LogP contribution in [0.1, 0.15) is 16.8 Å². The first-order valence-electron chi connectivity index (χ1n) is 9.81. The van der Waals surface area contributed by atoms with Gasteiger partial charge in [-0.2, -0.15) is 0 Å². The van der Waals surface area contributed by atoms with Gasteiger partial charge in [0.15, 0.2) is 0 Å². The molecule has 0 N–H and O–H groups in total. The van der Waals surface area contributed by atoms with Crippen molar-refractivity contribution in [2.24, 2.45) is 0 Å². The number of hydrogen-bond donors (Lipinski definition) is 0. The second kappa shape index (κ2) is 8.44. The number of fused-ring (bicyclic) bond motifs is 1. The Morgan fingerprint density at radius 1 is 1.14 bits per heavy atom. The summed E-state index contributed by atoms with van der Waals surface area (Å²) in [6.07, 6.45) is 4.71. The average Bonchev–Trinajstić information content (AvgIpc) is 3.13. The Morgan fingerprint density at radius 3 is 2.71 bits per heavy atom. The standard InChI is InChI=1S/C22H26N4O2/c1-24(18-7-3-2-4-8-18)11-6-12-26-17-19(21-20(26)9-5-10-23-21)22(27)25-13-15-28-16-14-25/h2-5,7-10,17H,6,11-16H2,1H3. The third-order valence-corrected chi connectivity index (χ3v) is 5.25. The Bertz CT molecular complexity index is 932. The van der Waals surface area contributed by atoms with E-state index in [1.807, 2.05) is 29.3 Å². The first-order valence-corrected chi connectivity index (χ1v) is 9.81. The van der Waals surface area contributed by atoms with Gasteiger partial charge in [0.05, 0.1) is 24.3 Å². The van der Waals surface area contributed by atoms with Crippen molar-refractivity contribution in [1.29, 1.82) is 0 Å². The third kappa shape index (κ3) is 3.87. The molecule has 3 heterocycles. The molecule has 0 unspecified atom stereocenters. The summed E-state index contributed by atoms with van der Waals surface area (Å²) in [6, 6.07) is 14.4. The van der Waals surface area contributed by atoms with Crippen molar-refractivity contribution in [2.45, 2.75) is 13.0 Å². The quantitative estimate of drug-likeness (QED) is 0.662. The highest BCUT2D eigenvalue weighted by atomic mass is 16.5. The number of aryl methyl sites for hydroxylation is 1. The fraction of sp³-hybridized carbons (Fsp3) is 0.364. The van der Waals surface area contributed by atoms with Crippen LogP contribution in [0.3, 0.4) is 0 Å². The lowest BCUT2D eigenvalue weighted by Gasteiger charge is -2.26. The first-order chi connectivity index (χ1) is 13.7. The van der Waals surface area contributed by atoms with E-state index in [9.17, 15) is 4.79 Å². The van der Waals surface area contributed by atoms with E-state index in [1.165, 1.54) is 5.69 Å². The molecule has 1 amide bonds. The highest BCUT2D eigenvalue weighted by Gasteiger charge is 2.23. The van der Waals surface area contributed by atoms with Crippen molar-refractivity contribution < 1.29 is 9.53 Å². The number of amides is 1. The average molecular weight is 378 g/mol. The summed E-state index contributed by atoms with van der Waals surface area (Å²) in [6.45, 7) is 4.26. The number of hydrogen-bond acceptors (Lipinski definition) is 4. The van der Waals surface area contributed by atoms with Crippen molar-refractivity contribution in [1.82, 2.24) is 14.5 Å². The van der Waals surface area contributed by atoms with E-state index in [2.05, 4.69) is 45.8 Å². The molecule has 28 heavy (non-hydrogen) atoms. The number of carbonyl (C=O) groups is 1. The molecule has 146 valence electrons. The minimum atomic E-state index is 0.0483. The molecule has 6 heteroatoms. The molecule has 6 nitrogen and oxygen atoms in total. The first kappa shape index (κ1) is 18.5. The third-order valence-electron chi connectivity index (χ3n) is 5.25. The Morgan fingerprint density at radius 2 is 1.93 bits per heavy atom. The van der Waals surface area contributed by atoms with Crippen molar-refractivity contribution in [3.8, 4) is 0 Å². The maximum absolute atomic E-state index is 13.0. The molecule has 3 aromatic rings. The molecule has 0 bridgehead atoms. The minimum absolute atomic E-state index is 0.0483. The van der Waals surface area contributed by atoms with Crippen molar-refractivity contribution in [2.75, 3.05) is 44.8 Å². The molecule has 1 saturated heterocycles. The Labute approximate surface area is 165 Å². The lowest BCUT2D eigenvalue weighted by molar-refractivity contribution is 0.0304. The van der Waals surface area contributed by atoms with Gasteiger partial charge in [-0.15, -0.1) is 0 Å². The number of ether oxygens (including phenoxy) is 1. The number of aromatic nitrogens is 2. The van der Waals surface area contributed by atoms with Gasteiger partial charge in [0.2, 0.25) is 0 Å². The molecule has 1 fully saturated rings. The van der Waals surface area contributed by atoms with Crippen LogP contribution in [0.5, 0.6) is 0 Å². The Kier molecular flexibility index (Phi) is 5.58. The van der Waals surface area contributed by atoms with E-state index in [1.54, 1.807) is 6.20 Å². The molecule has 2 aromatic heterocycles. The van der Waals surface area contributed by atoms with E-state index in [0.29, 0.717) is 31.9 Å². The molecule has 0 aliphatic carbocycles. The van der Waals surface area contributed by atoms with Crippen LogP contribution in [-0.2, 0) is 11.3 Å². The zero-order valence-corrected chi connectivity index (χ0v) is 16.3. The highest BCUT2D eigenvalue weighted by molar-refractivity contribution is 6.05. The summed E-state index contributed by atoms with van der Waals surface area (Å²) >= 11 is 0. The van der Waals surface area contributed by atoms with Gasteiger partial charge in [-0.05, 0) is 30.7 Å². The van der Waals surface area contributed by atoms with Crippen LogP contribution < -0.4 is 4.90 Å². The van der Waals surface area contributed by atoms with E-state index < -0.39 is 0 Å². The molecule has 1 aliphatic heterocycles. The molecule has 0 saturated carbocycles. The zero-order valence-electron chi connectivity index (χ0n) is 16.3. The smallest absolute Gasteiger partial charge is 0.257 e. The summed E-state index contributed by atoms with van der Waals surface area (Å²) in [5, 5.41) is 0. The van der Waals surface area contributed by atoms with Gasteiger partial charge in [0.25, 0.3) is 5.91 Å². The fourth-order valence-electron chi connectivity index (χ4n) is 3.69. The lowest BCUT2D eigenvalue weighted by atomic mass is 10.2. The SMILES string of the molecule is CN(CCCn1cc(C(=O)N2CCOCC2)c2ncccc21)c1ccccc1. The molecular formula is C22H26N4O2. The lowest BCUT2D eigenvalue weighted by Crippen LogP contribution is -2.40. The van der Waals surface area contributed by atoms with Gasteiger partial charge >= 0.3 is 0 Å². The maximum Gasteiger partial charge on any atom is 0.257 e. The topological polar surface area (TPSA) is 50.6 Å². The fourth-order valence-corrected chi connectivity index (χ4v) is 3.69. The molecule has 4 rings (SSSR count). The van der Waals surface area contributed by atoms with E-state index in [-0.39, 0.29) is 5.91 Å². The van der Waals surface area contributed by atoms with E-state index >= 15 is 0 Å². The highest BCUT2D eigenvalue weighted by Crippen LogP contribution is 2.22. The van der Waals surface area contributed by atoms with Gasteiger partial charge < -0.3 is 19.1 Å². The van der Waals surface area contributed by atoms with Crippen LogP contribution in [0, 0.1) is 0 Å². The predicted octanol–water partition coefficient (Wildman–Crippen LogP) is 3.04. The number of anilines is 1. The van der Waals surface area contributed by atoms with Gasteiger partial charge in [0.1, 0.15) is 5.52 Å². The van der Waals surface area contributed by atoms with Gasteiger partial charge in [-0.25, -0.2) is 0 Å². The monoisotopic (exact) mass is 378 g/mol. The largest absolute Gasteiger partial charge is 0.378 e. The predicted molar refractivity (Wildman–Crippen MR) is 111 cm³/mol. The van der Waals surface area contributed by atoms with Gasteiger partial charge in [-0.3, -0.25) is 9.78 Å². The van der Waals surface area contributed by atoms with Crippen LogP contribution in [0.4, 0.5) is 5.69 Å². The molecule has 1 aliphatic rings. The molecule has 0 spiro atoms. The van der Waals surface area contributed by atoms with Gasteiger partial charge in [0, 0.05) is 51.3 Å². The second-order valence-electron chi connectivity index (χ2n) is 7.12. The molecule has 0 atom stereocenters. The van der Waals surface area contributed by atoms with Crippen LogP contribution in [0.15, 0.2) is 54.9 Å². The number of benzene rings is 1. The van der Waals surface area contributed by atoms with Crippen molar-refractivity contribution >= 4 is 22.6 Å². The normalized spacial score (nSPS) is 14.4. The number of para-hydroxylation sites is 1. The second-order valence-corrected chi connectivity index (χ2v) is 7.12. The number of rotatable bonds is 6. The summed E-state index contributed by atoms with van der Waals surface area (Å²) < 4.78 is 7.53. The summed E-state index contributed by atoms with van der Waals surface area (Å²) in [5.41, 5.74) is 3.70. The summed E-state index contributed by atoms with van der Waals surface area (Å²) in [4.78, 5) is 21.6. The number of nitrogens with zero attached hydrogens (tertiary/aromatic N) is 4. The van der Waals surface area contributed by atoms with Crippen LogP contribution in [-0.4, -0.2) is 60.3 Å².